The minimum atomic E-state index is -0.786. The number of esters is 2. The summed E-state index contributed by atoms with van der Waals surface area (Å²) in [6, 6.07) is 0. The maximum atomic E-state index is 12.2. The molecule has 0 rings (SSSR count). The van der Waals surface area contributed by atoms with Gasteiger partial charge in [0, 0.05) is 12.8 Å². The van der Waals surface area contributed by atoms with Crippen molar-refractivity contribution in [2.75, 3.05) is 13.2 Å². The van der Waals surface area contributed by atoms with Crippen LogP contribution in [0.4, 0.5) is 0 Å². The van der Waals surface area contributed by atoms with Gasteiger partial charge < -0.3 is 14.6 Å². The SMILES string of the molecule is CC/C=C\C/C=C\C/C=C\CCCCCC(=O)OCC(CO)OC(=O)CCCCCCCCCCCCCCCC/C=C\C/C=C\C/C=C\CCCCCCC. The molecule has 0 bridgehead atoms. The third kappa shape index (κ3) is 44.1. The molecule has 0 saturated heterocycles. The quantitative estimate of drug-likeness (QED) is 0.0379. The van der Waals surface area contributed by atoms with Gasteiger partial charge in [-0.2, -0.15) is 0 Å². The Bertz CT molecular complexity index is 1020. The summed E-state index contributed by atoms with van der Waals surface area (Å²) in [5.41, 5.74) is 0. The number of allylic oxidation sites excluding steroid dienone is 12. The summed E-state index contributed by atoms with van der Waals surface area (Å²) in [5.74, 6) is -0.627. The first-order valence-corrected chi connectivity index (χ1v) is 23.5. The van der Waals surface area contributed by atoms with Crippen molar-refractivity contribution < 1.29 is 24.2 Å². The van der Waals surface area contributed by atoms with Crippen molar-refractivity contribution in [1.29, 1.82) is 0 Å². The standard InChI is InChI=1S/C51H88O5/c1-3-5-7-9-11-13-15-17-18-19-20-21-22-23-24-25-26-27-28-29-30-31-32-34-36-38-40-42-44-46-51(54)56-49(47-52)48-55-50(53)45-43-41-39-37-35-33-16-14-12-10-8-6-4-2/h6,8,12,14-15,17,19-20,22-23,33,35,49,52H,3-5,7,9-11,13,16,18,21,24-32,34,36-48H2,1-2H3/b8-6-,14-12-,17-15-,20-19-,23-22-,35-33-. The molecule has 0 aromatic carbocycles. The summed E-state index contributed by atoms with van der Waals surface area (Å²) in [6.07, 6.45) is 62.8. The Balaban J connectivity index is 3.51. The second-order valence-corrected chi connectivity index (χ2v) is 15.4. The molecule has 0 aromatic rings. The lowest BCUT2D eigenvalue weighted by atomic mass is 10.0. The molecule has 0 spiro atoms. The van der Waals surface area contributed by atoms with Crippen LogP contribution in [0, 0.1) is 0 Å². The Kier molecular flexibility index (Phi) is 44.5. The maximum absolute atomic E-state index is 12.2. The van der Waals surface area contributed by atoms with E-state index in [1.807, 2.05) is 0 Å². The number of carbonyl (C=O) groups excluding carboxylic acids is 2. The van der Waals surface area contributed by atoms with E-state index in [1.165, 1.54) is 116 Å². The normalized spacial score (nSPS) is 12.8. The highest BCUT2D eigenvalue weighted by Crippen LogP contribution is 2.15. The van der Waals surface area contributed by atoms with Crippen LogP contribution in [0.3, 0.4) is 0 Å². The Morgan fingerprint density at radius 2 is 0.768 bits per heavy atom. The van der Waals surface area contributed by atoms with Gasteiger partial charge in [-0.1, -0.05) is 196 Å². The predicted octanol–water partition coefficient (Wildman–Crippen LogP) is 15.3. The minimum Gasteiger partial charge on any atom is -0.462 e. The Hall–Kier alpha value is -2.66. The lowest BCUT2D eigenvalue weighted by Gasteiger charge is -2.15. The van der Waals surface area contributed by atoms with E-state index in [-0.39, 0.29) is 25.2 Å². The fourth-order valence-electron chi connectivity index (χ4n) is 6.46. The molecule has 1 N–H and O–H groups in total. The van der Waals surface area contributed by atoms with Crippen LogP contribution in [-0.2, 0) is 19.1 Å². The first-order valence-electron chi connectivity index (χ1n) is 23.5. The van der Waals surface area contributed by atoms with Gasteiger partial charge in [-0.25, -0.2) is 0 Å². The summed E-state index contributed by atoms with van der Waals surface area (Å²) in [7, 11) is 0. The lowest BCUT2D eigenvalue weighted by Crippen LogP contribution is -2.28. The van der Waals surface area contributed by atoms with Crippen LogP contribution in [0.2, 0.25) is 0 Å². The maximum Gasteiger partial charge on any atom is 0.306 e. The van der Waals surface area contributed by atoms with Gasteiger partial charge in [0.05, 0.1) is 6.61 Å². The van der Waals surface area contributed by atoms with Crippen LogP contribution in [0.1, 0.15) is 219 Å². The molecule has 1 atom stereocenters. The predicted molar refractivity (Wildman–Crippen MR) is 242 cm³/mol. The first-order chi connectivity index (χ1) is 27.6. The molecule has 5 heteroatoms. The number of hydrogen-bond acceptors (Lipinski definition) is 5. The van der Waals surface area contributed by atoms with Gasteiger partial charge in [0.2, 0.25) is 0 Å². The van der Waals surface area contributed by atoms with E-state index in [1.54, 1.807) is 0 Å². The lowest BCUT2D eigenvalue weighted by molar-refractivity contribution is -0.161. The van der Waals surface area contributed by atoms with E-state index in [2.05, 4.69) is 86.8 Å². The fraction of sp³-hybridized carbons (Fsp3) is 0.725. The van der Waals surface area contributed by atoms with Crippen LogP contribution in [0.25, 0.3) is 0 Å². The highest BCUT2D eigenvalue weighted by molar-refractivity contribution is 5.70. The third-order valence-electron chi connectivity index (χ3n) is 9.98. The van der Waals surface area contributed by atoms with Crippen molar-refractivity contribution >= 4 is 11.9 Å². The molecule has 0 aliphatic carbocycles. The van der Waals surface area contributed by atoms with Crippen molar-refractivity contribution in [3.05, 3.63) is 72.9 Å². The van der Waals surface area contributed by atoms with Crippen LogP contribution in [0.15, 0.2) is 72.9 Å². The van der Waals surface area contributed by atoms with Gasteiger partial charge in [-0.05, 0) is 83.5 Å². The van der Waals surface area contributed by atoms with Crippen molar-refractivity contribution in [2.24, 2.45) is 0 Å². The van der Waals surface area contributed by atoms with Crippen molar-refractivity contribution in [3.63, 3.8) is 0 Å². The van der Waals surface area contributed by atoms with E-state index in [0.29, 0.717) is 12.8 Å². The Morgan fingerprint density at radius 1 is 0.429 bits per heavy atom. The first kappa shape index (κ1) is 53.3. The molecule has 0 fully saturated rings. The zero-order valence-electron chi connectivity index (χ0n) is 36.6. The highest BCUT2D eigenvalue weighted by atomic mass is 16.6. The number of aliphatic hydroxyl groups is 1. The molecular formula is C51H88O5. The van der Waals surface area contributed by atoms with E-state index in [9.17, 15) is 14.7 Å². The average Bonchev–Trinajstić information content (AvgIpc) is 3.20. The number of ether oxygens (including phenoxy) is 2. The van der Waals surface area contributed by atoms with E-state index < -0.39 is 6.10 Å². The van der Waals surface area contributed by atoms with Crippen molar-refractivity contribution in [1.82, 2.24) is 0 Å². The number of carbonyl (C=O) groups is 2. The monoisotopic (exact) mass is 781 g/mol. The Labute approximate surface area is 346 Å². The van der Waals surface area contributed by atoms with E-state index in [0.717, 1.165) is 77.0 Å². The summed E-state index contributed by atoms with van der Waals surface area (Å²) < 4.78 is 10.6. The molecule has 1 unspecified atom stereocenters. The minimum absolute atomic E-state index is 0.0834. The van der Waals surface area contributed by atoms with Gasteiger partial charge >= 0.3 is 11.9 Å². The number of aliphatic hydroxyl groups excluding tert-OH is 1. The highest BCUT2D eigenvalue weighted by Gasteiger charge is 2.16. The Morgan fingerprint density at radius 3 is 1.18 bits per heavy atom. The molecule has 0 aliphatic rings. The van der Waals surface area contributed by atoms with Crippen LogP contribution < -0.4 is 0 Å². The van der Waals surface area contributed by atoms with E-state index >= 15 is 0 Å². The fourth-order valence-corrected chi connectivity index (χ4v) is 6.46. The van der Waals surface area contributed by atoms with Crippen LogP contribution >= 0.6 is 0 Å². The number of unbranched alkanes of at least 4 members (excludes halogenated alkanes) is 22. The van der Waals surface area contributed by atoms with Crippen molar-refractivity contribution in [2.45, 2.75) is 225 Å². The number of rotatable bonds is 42. The zero-order valence-corrected chi connectivity index (χ0v) is 36.6. The van der Waals surface area contributed by atoms with Crippen molar-refractivity contribution in [3.8, 4) is 0 Å². The van der Waals surface area contributed by atoms with Gasteiger partial charge in [0.15, 0.2) is 6.10 Å². The molecule has 5 nitrogen and oxygen atoms in total. The third-order valence-corrected chi connectivity index (χ3v) is 9.98. The summed E-state index contributed by atoms with van der Waals surface area (Å²) in [4.78, 5) is 24.3. The topological polar surface area (TPSA) is 72.8 Å². The molecule has 56 heavy (non-hydrogen) atoms. The molecule has 0 saturated carbocycles. The van der Waals surface area contributed by atoms with E-state index in [4.69, 9.17) is 9.47 Å². The van der Waals surface area contributed by atoms with Gasteiger partial charge in [-0.15, -0.1) is 0 Å². The second-order valence-electron chi connectivity index (χ2n) is 15.4. The molecule has 0 radical (unpaired) electrons. The summed E-state index contributed by atoms with van der Waals surface area (Å²) >= 11 is 0. The molecule has 0 aromatic heterocycles. The van der Waals surface area contributed by atoms with Crippen LogP contribution in [0.5, 0.6) is 0 Å². The van der Waals surface area contributed by atoms with Crippen LogP contribution in [-0.4, -0.2) is 36.4 Å². The smallest absolute Gasteiger partial charge is 0.306 e. The van der Waals surface area contributed by atoms with Gasteiger partial charge in [-0.3, -0.25) is 9.59 Å². The average molecular weight is 781 g/mol. The molecule has 0 amide bonds. The van der Waals surface area contributed by atoms with Gasteiger partial charge in [0.25, 0.3) is 0 Å². The zero-order chi connectivity index (χ0) is 40.7. The molecule has 0 heterocycles. The van der Waals surface area contributed by atoms with Gasteiger partial charge in [0.1, 0.15) is 6.61 Å². The summed E-state index contributed by atoms with van der Waals surface area (Å²) in [5, 5.41) is 9.58. The molecule has 0 aliphatic heterocycles. The second kappa shape index (κ2) is 46.7. The summed E-state index contributed by atoms with van der Waals surface area (Å²) in [6.45, 7) is 3.99. The molecule has 322 valence electrons. The number of hydrogen-bond donors (Lipinski definition) is 1. The largest absolute Gasteiger partial charge is 0.462 e. The molecular weight excluding hydrogens is 693 g/mol.